The molecule has 0 aliphatic carbocycles. The largest absolute Gasteiger partial charge is 0.497 e. The lowest BCUT2D eigenvalue weighted by Crippen LogP contribution is -2.21. The molecule has 1 atom stereocenters. The fraction of sp³-hybridized carbons (Fsp3) is 0.375. The minimum absolute atomic E-state index is 0.103. The van der Waals surface area contributed by atoms with Crippen LogP contribution in [0.15, 0.2) is 30.3 Å². The van der Waals surface area contributed by atoms with Gasteiger partial charge in [0.2, 0.25) is 5.95 Å². The van der Waals surface area contributed by atoms with Crippen molar-refractivity contribution in [2.45, 2.75) is 19.4 Å². The van der Waals surface area contributed by atoms with Crippen LogP contribution in [-0.4, -0.2) is 43.0 Å². The summed E-state index contributed by atoms with van der Waals surface area (Å²) in [7, 11) is -1.32. The molecule has 128 valence electrons. The topological polar surface area (TPSA) is 93.2 Å². The molecular formula is C16H20N4O3S. The molecule has 0 saturated carbocycles. The van der Waals surface area contributed by atoms with Crippen LogP contribution in [0.25, 0.3) is 0 Å². The molecule has 7 nitrogen and oxygen atoms in total. The summed E-state index contributed by atoms with van der Waals surface area (Å²) in [6, 6.07) is 9.18. The first kappa shape index (κ1) is 16.5. The van der Waals surface area contributed by atoms with Crippen molar-refractivity contribution in [3.8, 4) is 5.75 Å². The standard InChI is InChI=1S/C16H20N4O3S/c1-11-8-15(18-13-6-7-24(21,22)10-13)20-16(17-11)19-12-4-3-5-14(9-12)23-2/h3-5,8-9,13H,6-7,10H2,1-2H3,(H2,17,18,19,20). The van der Waals surface area contributed by atoms with Gasteiger partial charge >= 0.3 is 0 Å². The summed E-state index contributed by atoms with van der Waals surface area (Å²) in [6.45, 7) is 1.87. The van der Waals surface area contributed by atoms with Crippen LogP contribution in [0.5, 0.6) is 5.75 Å². The predicted octanol–water partition coefficient (Wildman–Crippen LogP) is 2.14. The van der Waals surface area contributed by atoms with E-state index in [0.717, 1.165) is 17.1 Å². The minimum atomic E-state index is -2.93. The maximum absolute atomic E-state index is 11.6. The van der Waals surface area contributed by atoms with Crippen LogP contribution >= 0.6 is 0 Å². The van der Waals surface area contributed by atoms with Gasteiger partial charge in [-0.1, -0.05) is 6.07 Å². The molecule has 0 bridgehead atoms. The Kier molecular flexibility index (Phi) is 4.57. The van der Waals surface area contributed by atoms with E-state index >= 15 is 0 Å². The minimum Gasteiger partial charge on any atom is -0.497 e. The molecule has 2 N–H and O–H groups in total. The van der Waals surface area contributed by atoms with Crippen molar-refractivity contribution in [3.63, 3.8) is 0 Å². The molecule has 3 rings (SSSR count). The molecular weight excluding hydrogens is 328 g/mol. The highest BCUT2D eigenvalue weighted by Crippen LogP contribution is 2.22. The first-order valence-electron chi connectivity index (χ1n) is 7.67. The van der Waals surface area contributed by atoms with Gasteiger partial charge in [-0.25, -0.2) is 13.4 Å². The van der Waals surface area contributed by atoms with E-state index in [9.17, 15) is 8.42 Å². The third-order valence-corrected chi connectivity index (χ3v) is 5.53. The first-order valence-corrected chi connectivity index (χ1v) is 9.49. The lowest BCUT2D eigenvalue weighted by molar-refractivity contribution is 0.415. The molecule has 1 aromatic heterocycles. The van der Waals surface area contributed by atoms with Gasteiger partial charge in [0, 0.05) is 29.6 Å². The Morgan fingerprint density at radius 1 is 1.25 bits per heavy atom. The predicted molar refractivity (Wildman–Crippen MR) is 93.7 cm³/mol. The van der Waals surface area contributed by atoms with E-state index in [4.69, 9.17) is 4.74 Å². The maximum Gasteiger partial charge on any atom is 0.229 e. The van der Waals surface area contributed by atoms with Gasteiger partial charge in [0.15, 0.2) is 9.84 Å². The van der Waals surface area contributed by atoms with Gasteiger partial charge in [-0.3, -0.25) is 0 Å². The van der Waals surface area contributed by atoms with Crippen molar-refractivity contribution in [2.24, 2.45) is 0 Å². The van der Waals surface area contributed by atoms with Crippen LogP contribution in [0.3, 0.4) is 0 Å². The summed E-state index contributed by atoms with van der Waals surface area (Å²) in [5.41, 5.74) is 1.60. The maximum atomic E-state index is 11.6. The molecule has 0 radical (unpaired) electrons. The second kappa shape index (κ2) is 6.64. The van der Waals surface area contributed by atoms with E-state index < -0.39 is 9.84 Å². The zero-order chi connectivity index (χ0) is 17.2. The quantitative estimate of drug-likeness (QED) is 0.855. The van der Waals surface area contributed by atoms with E-state index in [0.29, 0.717) is 18.2 Å². The van der Waals surface area contributed by atoms with Gasteiger partial charge in [-0.2, -0.15) is 4.98 Å². The fourth-order valence-electron chi connectivity index (χ4n) is 2.65. The number of anilines is 3. The van der Waals surface area contributed by atoms with Crippen molar-refractivity contribution in [1.29, 1.82) is 0 Å². The van der Waals surface area contributed by atoms with E-state index in [1.807, 2.05) is 37.3 Å². The van der Waals surface area contributed by atoms with Crippen molar-refractivity contribution < 1.29 is 13.2 Å². The first-order chi connectivity index (χ1) is 11.4. The van der Waals surface area contributed by atoms with Crippen LogP contribution < -0.4 is 15.4 Å². The lowest BCUT2D eigenvalue weighted by atomic mass is 10.2. The smallest absolute Gasteiger partial charge is 0.229 e. The summed E-state index contributed by atoms with van der Waals surface area (Å²) in [4.78, 5) is 8.79. The molecule has 0 spiro atoms. The molecule has 2 aromatic rings. The fourth-order valence-corrected chi connectivity index (χ4v) is 4.32. The van der Waals surface area contributed by atoms with E-state index in [-0.39, 0.29) is 17.5 Å². The van der Waals surface area contributed by atoms with Gasteiger partial charge in [-0.15, -0.1) is 0 Å². The van der Waals surface area contributed by atoms with Crippen LogP contribution in [0.1, 0.15) is 12.1 Å². The molecule has 1 fully saturated rings. The molecule has 1 unspecified atom stereocenters. The van der Waals surface area contributed by atoms with E-state index in [2.05, 4.69) is 20.6 Å². The van der Waals surface area contributed by atoms with Crippen LogP contribution in [0.4, 0.5) is 17.5 Å². The van der Waals surface area contributed by atoms with E-state index in [1.54, 1.807) is 7.11 Å². The average Bonchev–Trinajstić information content (AvgIpc) is 2.85. The number of methoxy groups -OCH3 is 1. The number of aromatic nitrogens is 2. The Labute approximate surface area is 141 Å². The molecule has 1 aliphatic heterocycles. The Morgan fingerprint density at radius 2 is 2.08 bits per heavy atom. The third-order valence-electron chi connectivity index (χ3n) is 3.76. The van der Waals surface area contributed by atoms with Gasteiger partial charge in [-0.05, 0) is 25.5 Å². The highest BCUT2D eigenvalue weighted by molar-refractivity contribution is 7.91. The Hall–Kier alpha value is -2.35. The summed E-state index contributed by atoms with van der Waals surface area (Å²) >= 11 is 0. The Balaban J connectivity index is 1.76. The van der Waals surface area contributed by atoms with Crippen LogP contribution in [-0.2, 0) is 9.84 Å². The molecule has 0 amide bonds. The van der Waals surface area contributed by atoms with Crippen LogP contribution in [0, 0.1) is 6.92 Å². The summed E-state index contributed by atoms with van der Waals surface area (Å²) in [5.74, 6) is 2.18. The van der Waals surface area contributed by atoms with Gasteiger partial charge in [0.1, 0.15) is 11.6 Å². The van der Waals surface area contributed by atoms with Crippen molar-refractivity contribution in [1.82, 2.24) is 9.97 Å². The summed E-state index contributed by atoms with van der Waals surface area (Å²) in [6.07, 6.45) is 0.601. The Morgan fingerprint density at radius 3 is 2.79 bits per heavy atom. The van der Waals surface area contributed by atoms with Crippen molar-refractivity contribution in [3.05, 3.63) is 36.0 Å². The zero-order valence-electron chi connectivity index (χ0n) is 13.6. The zero-order valence-corrected chi connectivity index (χ0v) is 14.4. The van der Waals surface area contributed by atoms with Gasteiger partial charge in [0.05, 0.1) is 18.6 Å². The second-order valence-electron chi connectivity index (χ2n) is 5.82. The molecule has 1 aliphatic rings. The van der Waals surface area contributed by atoms with Gasteiger partial charge in [0.25, 0.3) is 0 Å². The Bertz CT molecular complexity index is 839. The summed E-state index contributed by atoms with van der Waals surface area (Å²) in [5, 5.41) is 6.33. The second-order valence-corrected chi connectivity index (χ2v) is 8.05. The lowest BCUT2D eigenvalue weighted by Gasteiger charge is -2.14. The number of rotatable bonds is 5. The molecule has 8 heteroatoms. The highest BCUT2D eigenvalue weighted by Gasteiger charge is 2.28. The SMILES string of the molecule is COc1cccc(Nc2nc(C)cc(NC3CCS(=O)(=O)C3)n2)c1. The van der Waals surface area contributed by atoms with Crippen molar-refractivity contribution >= 4 is 27.3 Å². The number of sulfone groups is 1. The van der Waals surface area contributed by atoms with Gasteiger partial charge < -0.3 is 15.4 Å². The molecule has 1 saturated heterocycles. The molecule has 24 heavy (non-hydrogen) atoms. The normalized spacial score (nSPS) is 19.0. The summed E-state index contributed by atoms with van der Waals surface area (Å²) < 4.78 is 28.3. The highest BCUT2D eigenvalue weighted by atomic mass is 32.2. The number of hydrogen-bond donors (Lipinski definition) is 2. The number of ether oxygens (including phenoxy) is 1. The molecule has 2 heterocycles. The number of benzene rings is 1. The number of nitrogens with one attached hydrogen (secondary N) is 2. The monoisotopic (exact) mass is 348 g/mol. The van der Waals surface area contributed by atoms with Crippen molar-refractivity contribution in [2.75, 3.05) is 29.2 Å². The number of nitrogens with zero attached hydrogens (tertiary/aromatic N) is 2. The third kappa shape index (κ3) is 4.14. The van der Waals surface area contributed by atoms with E-state index in [1.165, 1.54) is 0 Å². The number of hydrogen-bond acceptors (Lipinski definition) is 7. The average molecular weight is 348 g/mol. The number of aryl methyl sites for hydroxylation is 1. The van der Waals surface area contributed by atoms with Crippen LogP contribution in [0.2, 0.25) is 0 Å². The molecule has 1 aromatic carbocycles.